The first-order chi connectivity index (χ1) is 16.4. The minimum atomic E-state index is -4.65. The third-order valence-electron chi connectivity index (χ3n) is 4.57. The molecule has 3 N–H and O–H groups in total. The van der Waals surface area contributed by atoms with E-state index >= 15 is 0 Å². The molecule has 1 saturated heterocycles. The molecule has 10 heteroatoms. The number of piperazine rings is 1. The summed E-state index contributed by atoms with van der Waals surface area (Å²) >= 11 is 0. The van der Waals surface area contributed by atoms with Crippen LogP contribution in [0.5, 0.6) is 11.5 Å². The monoisotopic (exact) mass is 484 g/mol. The third-order valence-corrected chi connectivity index (χ3v) is 5.81. The van der Waals surface area contributed by atoms with Gasteiger partial charge in [0.2, 0.25) is 0 Å². The van der Waals surface area contributed by atoms with E-state index in [0.717, 1.165) is 38.3 Å². The van der Waals surface area contributed by atoms with Crippen LogP contribution in [-0.4, -0.2) is 51.6 Å². The highest BCUT2D eigenvalue weighted by molar-refractivity contribution is 7.87. The molecule has 9 nitrogen and oxygen atoms in total. The van der Waals surface area contributed by atoms with Crippen molar-refractivity contribution in [3.05, 3.63) is 90.0 Å². The van der Waals surface area contributed by atoms with Crippen LogP contribution in [0.4, 0.5) is 0 Å². The SMILES string of the molecule is C1CNCCN1.O=C(Oc1ccc(O)c(S(=O)(=O)OC(=O)c2ccccc2)c1)c1ccccc1. The molecular weight excluding hydrogens is 460 g/mol. The Labute approximate surface area is 197 Å². The smallest absolute Gasteiger partial charge is 0.354 e. The number of esters is 1. The lowest BCUT2D eigenvalue weighted by Crippen LogP contribution is -2.39. The molecule has 178 valence electrons. The maximum Gasteiger partial charge on any atom is 0.354 e. The second-order valence-corrected chi connectivity index (χ2v) is 8.59. The predicted octanol–water partition coefficient (Wildman–Crippen LogP) is 2.34. The number of carbonyl (C=O) groups is 2. The first kappa shape index (κ1) is 24.9. The maximum absolute atomic E-state index is 12.4. The van der Waals surface area contributed by atoms with Crippen molar-refractivity contribution in [2.75, 3.05) is 26.2 Å². The largest absolute Gasteiger partial charge is 0.506 e. The highest BCUT2D eigenvalue weighted by atomic mass is 32.2. The van der Waals surface area contributed by atoms with Crippen molar-refractivity contribution in [2.24, 2.45) is 0 Å². The lowest BCUT2D eigenvalue weighted by atomic mass is 10.2. The summed E-state index contributed by atoms with van der Waals surface area (Å²) in [5, 5.41) is 16.3. The Morgan fingerprint density at radius 3 is 1.74 bits per heavy atom. The number of phenols is 1. The van der Waals surface area contributed by atoms with Crippen LogP contribution in [0, 0.1) is 0 Å². The van der Waals surface area contributed by atoms with Gasteiger partial charge >= 0.3 is 22.1 Å². The van der Waals surface area contributed by atoms with Crippen molar-refractivity contribution in [3.63, 3.8) is 0 Å². The fourth-order valence-electron chi connectivity index (χ4n) is 2.87. The van der Waals surface area contributed by atoms with Crippen molar-refractivity contribution >= 4 is 22.1 Å². The number of aromatic hydroxyl groups is 1. The Kier molecular flexibility index (Phi) is 8.74. The molecule has 0 atom stereocenters. The Hall–Kier alpha value is -3.73. The average molecular weight is 485 g/mol. The van der Waals surface area contributed by atoms with Crippen LogP contribution in [0.15, 0.2) is 83.8 Å². The van der Waals surface area contributed by atoms with Crippen molar-refractivity contribution in [3.8, 4) is 11.5 Å². The van der Waals surface area contributed by atoms with E-state index in [0.29, 0.717) is 0 Å². The summed E-state index contributed by atoms with van der Waals surface area (Å²) in [4.78, 5) is 23.4. The molecule has 0 radical (unpaired) electrons. The average Bonchev–Trinajstić information content (AvgIpc) is 2.87. The number of benzene rings is 3. The van der Waals surface area contributed by atoms with Crippen molar-refractivity contribution < 1.29 is 32.0 Å². The van der Waals surface area contributed by atoms with E-state index in [9.17, 15) is 23.1 Å². The molecule has 0 spiro atoms. The van der Waals surface area contributed by atoms with E-state index in [1.165, 1.54) is 30.3 Å². The summed E-state index contributed by atoms with van der Waals surface area (Å²) in [5.41, 5.74) is 0.285. The summed E-state index contributed by atoms with van der Waals surface area (Å²) < 4.78 is 34.5. The van der Waals surface area contributed by atoms with Gasteiger partial charge in [-0.25, -0.2) is 9.59 Å². The van der Waals surface area contributed by atoms with E-state index in [2.05, 4.69) is 14.8 Å². The minimum Gasteiger partial charge on any atom is -0.506 e. The van der Waals surface area contributed by atoms with E-state index in [1.807, 2.05) is 0 Å². The minimum absolute atomic E-state index is 0.0252. The molecule has 0 aromatic heterocycles. The summed E-state index contributed by atoms with van der Waals surface area (Å²) in [6.45, 7) is 4.56. The second-order valence-electron chi connectivity index (χ2n) is 7.08. The summed E-state index contributed by atoms with van der Waals surface area (Å²) in [5.74, 6) is -2.61. The van der Waals surface area contributed by atoms with Crippen LogP contribution in [0.2, 0.25) is 0 Å². The molecule has 3 aromatic rings. The number of phenolic OH excluding ortho intramolecular Hbond substituents is 1. The summed E-state index contributed by atoms with van der Waals surface area (Å²) in [6.07, 6.45) is 0. The van der Waals surface area contributed by atoms with Gasteiger partial charge in [0.1, 0.15) is 11.5 Å². The Balaban J connectivity index is 0.000000469. The molecule has 1 aliphatic heterocycles. The number of carbonyl (C=O) groups excluding carboxylic acids is 2. The zero-order valence-corrected chi connectivity index (χ0v) is 19.0. The number of ether oxygens (including phenoxy) is 1. The summed E-state index contributed by atoms with van der Waals surface area (Å²) in [6, 6.07) is 18.7. The Morgan fingerprint density at radius 2 is 1.24 bits per heavy atom. The summed E-state index contributed by atoms with van der Waals surface area (Å²) in [7, 11) is -4.65. The Bertz CT molecular complexity index is 1200. The van der Waals surface area contributed by atoms with Gasteiger partial charge in [-0.05, 0) is 36.4 Å². The fraction of sp³-hybridized carbons (Fsp3) is 0.167. The molecule has 1 aliphatic rings. The first-order valence-corrected chi connectivity index (χ1v) is 11.8. The second kappa shape index (κ2) is 11.9. The number of hydrogen-bond donors (Lipinski definition) is 3. The quantitative estimate of drug-likeness (QED) is 0.284. The van der Waals surface area contributed by atoms with Gasteiger partial charge in [0.15, 0.2) is 4.90 Å². The van der Waals surface area contributed by atoms with Crippen LogP contribution in [0.25, 0.3) is 0 Å². The van der Waals surface area contributed by atoms with Gasteiger partial charge in [-0.2, -0.15) is 8.42 Å². The van der Waals surface area contributed by atoms with Gasteiger partial charge in [-0.3, -0.25) is 0 Å². The normalized spacial score (nSPS) is 13.2. The number of nitrogens with one attached hydrogen (secondary N) is 2. The fourth-order valence-corrected chi connectivity index (χ4v) is 3.84. The van der Waals surface area contributed by atoms with Crippen LogP contribution in [-0.2, 0) is 14.3 Å². The number of rotatable bonds is 5. The van der Waals surface area contributed by atoms with Gasteiger partial charge in [0, 0.05) is 32.2 Å². The molecule has 0 unspecified atom stereocenters. The third kappa shape index (κ3) is 7.14. The molecule has 1 heterocycles. The van der Waals surface area contributed by atoms with Gasteiger partial charge in [0.25, 0.3) is 0 Å². The van der Waals surface area contributed by atoms with Crippen LogP contribution in [0.3, 0.4) is 0 Å². The molecular formula is C24H24N2O7S. The lowest BCUT2D eigenvalue weighted by Gasteiger charge is -2.11. The molecule has 0 amide bonds. The Morgan fingerprint density at radius 1 is 0.735 bits per heavy atom. The molecule has 1 fully saturated rings. The zero-order valence-electron chi connectivity index (χ0n) is 18.1. The van der Waals surface area contributed by atoms with Gasteiger partial charge in [-0.1, -0.05) is 36.4 Å². The van der Waals surface area contributed by atoms with Crippen LogP contribution in [0.1, 0.15) is 20.7 Å². The predicted molar refractivity (Wildman–Crippen MR) is 124 cm³/mol. The molecule has 3 aromatic carbocycles. The molecule has 0 aliphatic carbocycles. The molecule has 34 heavy (non-hydrogen) atoms. The lowest BCUT2D eigenvalue weighted by molar-refractivity contribution is 0.0725. The maximum atomic E-state index is 12.4. The highest BCUT2D eigenvalue weighted by Crippen LogP contribution is 2.29. The van der Waals surface area contributed by atoms with E-state index in [-0.39, 0.29) is 16.9 Å². The molecule has 0 bridgehead atoms. The van der Waals surface area contributed by atoms with Crippen LogP contribution >= 0.6 is 0 Å². The van der Waals surface area contributed by atoms with E-state index in [4.69, 9.17) is 4.74 Å². The van der Waals surface area contributed by atoms with Crippen molar-refractivity contribution in [1.29, 1.82) is 0 Å². The van der Waals surface area contributed by atoms with Gasteiger partial charge < -0.3 is 24.7 Å². The van der Waals surface area contributed by atoms with Crippen molar-refractivity contribution in [1.82, 2.24) is 10.6 Å². The first-order valence-electron chi connectivity index (χ1n) is 10.4. The highest BCUT2D eigenvalue weighted by Gasteiger charge is 2.26. The molecule has 0 saturated carbocycles. The van der Waals surface area contributed by atoms with Gasteiger partial charge in [0.05, 0.1) is 11.1 Å². The van der Waals surface area contributed by atoms with E-state index in [1.54, 1.807) is 36.4 Å². The zero-order chi connectivity index (χ0) is 24.4. The topological polar surface area (TPSA) is 131 Å². The van der Waals surface area contributed by atoms with Crippen molar-refractivity contribution in [2.45, 2.75) is 4.90 Å². The van der Waals surface area contributed by atoms with E-state index < -0.39 is 32.7 Å². The number of hydrogen-bond acceptors (Lipinski definition) is 9. The van der Waals surface area contributed by atoms with Crippen LogP contribution < -0.4 is 15.4 Å². The molecule has 4 rings (SSSR count). The standard InChI is InChI=1S/C20H14O7S.C4H10N2/c21-17-12-11-16(26-19(22)14-7-3-1-4-8-14)13-18(17)28(24,25)27-20(23)15-9-5-2-6-10-15;1-2-6-4-3-5-1/h1-13,21H;5-6H,1-4H2. The van der Waals surface area contributed by atoms with Gasteiger partial charge in [-0.15, -0.1) is 0 Å².